The Hall–Kier alpha value is -3.47. The second-order valence-corrected chi connectivity index (χ2v) is 10.7. The van der Waals surface area contributed by atoms with Crippen molar-refractivity contribution in [2.75, 3.05) is 6.61 Å². The number of benzene rings is 2. The van der Waals surface area contributed by atoms with E-state index in [4.69, 9.17) is 9.47 Å². The van der Waals surface area contributed by atoms with E-state index in [1.54, 1.807) is 24.3 Å². The van der Waals surface area contributed by atoms with Gasteiger partial charge in [0.15, 0.2) is 5.82 Å². The number of hydrogen-bond donors (Lipinski definition) is 0. The van der Waals surface area contributed by atoms with Crippen LogP contribution in [0.3, 0.4) is 0 Å². The zero-order valence-electron chi connectivity index (χ0n) is 24.4. The van der Waals surface area contributed by atoms with Crippen LogP contribution in [0.1, 0.15) is 100 Å². The first kappa shape index (κ1) is 31.1. The van der Waals surface area contributed by atoms with Crippen molar-refractivity contribution in [3.05, 3.63) is 84.7 Å². The Labute approximate surface area is 241 Å². The van der Waals surface area contributed by atoms with Gasteiger partial charge in [-0.1, -0.05) is 64.9 Å². The third-order valence-corrected chi connectivity index (χ3v) is 7.30. The summed E-state index contributed by atoms with van der Waals surface area (Å²) < 4.78 is 11.4. The second-order valence-electron chi connectivity index (χ2n) is 10.7. The fraction of sp³-hybridized carbons (Fsp3) is 0.457. The molecule has 5 heteroatoms. The summed E-state index contributed by atoms with van der Waals surface area (Å²) in [5, 5.41) is 0. The van der Waals surface area contributed by atoms with Crippen LogP contribution in [0.5, 0.6) is 11.5 Å². The molecule has 1 unspecified atom stereocenters. The zero-order chi connectivity index (χ0) is 28.4. The lowest BCUT2D eigenvalue weighted by Crippen LogP contribution is -2.08. The van der Waals surface area contributed by atoms with Crippen molar-refractivity contribution in [2.45, 2.75) is 90.9 Å². The van der Waals surface area contributed by atoms with Crippen molar-refractivity contribution in [1.29, 1.82) is 0 Å². The van der Waals surface area contributed by atoms with E-state index in [1.807, 2.05) is 42.7 Å². The lowest BCUT2D eigenvalue weighted by Gasteiger charge is -2.08. The van der Waals surface area contributed by atoms with E-state index >= 15 is 0 Å². The van der Waals surface area contributed by atoms with Crippen molar-refractivity contribution in [3.63, 3.8) is 0 Å². The second kappa shape index (κ2) is 18.0. The third-order valence-electron chi connectivity index (χ3n) is 7.30. The molecule has 0 bridgehead atoms. The SMILES string of the molecule is C=CCCCCCCCCOc1ccc(C(=O)Oc2ccc(-c3ncc(CCCCC(C)CC)cn3)cc2)cc1. The van der Waals surface area contributed by atoms with Crippen LogP contribution in [0.4, 0.5) is 0 Å². The molecule has 5 nitrogen and oxygen atoms in total. The summed E-state index contributed by atoms with van der Waals surface area (Å²) in [6.45, 7) is 9.01. The monoisotopic (exact) mass is 542 g/mol. The number of aryl methyl sites for hydroxylation is 1. The van der Waals surface area contributed by atoms with Gasteiger partial charge in [0.05, 0.1) is 12.2 Å². The van der Waals surface area contributed by atoms with Crippen molar-refractivity contribution >= 4 is 5.97 Å². The van der Waals surface area contributed by atoms with Crippen LogP contribution in [0.2, 0.25) is 0 Å². The van der Waals surface area contributed by atoms with Gasteiger partial charge in [0, 0.05) is 18.0 Å². The number of ether oxygens (including phenoxy) is 2. The van der Waals surface area contributed by atoms with E-state index in [1.165, 1.54) is 63.4 Å². The van der Waals surface area contributed by atoms with Crippen LogP contribution >= 0.6 is 0 Å². The Bertz CT molecular complexity index is 1120. The number of carbonyl (C=O) groups excluding carboxylic acids is 1. The Morgan fingerprint density at radius 1 is 0.850 bits per heavy atom. The quantitative estimate of drug-likeness (QED) is 0.0653. The molecule has 1 heterocycles. The summed E-state index contributed by atoms with van der Waals surface area (Å²) in [5.74, 6) is 2.32. The molecular formula is C35H46N2O3. The van der Waals surface area contributed by atoms with Gasteiger partial charge in [-0.15, -0.1) is 6.58 Å². The number of aromatic nitrogens is 2. The molecule has 214 valence electrons. The average molecular weight is 543 g/mol. The van der Waals surface area contributed by atoms with Gasteiger partial charge < -0.3 is 9.47 Å². The first-order chi connectivity index (χ1) is 19.6. The van der Waals surface area contributed by atoms with Gasteiger partial charge in [-0.2, -0.15) is 0 Å². The van der Waals surface area contributed by atoms with Gasteiger partial charge in [0.1, 0.15) is 11.5 Å². The minimum absolute atomic E-state index is 0.398. The maximum atomic E-state index is 12.6. The molecule has 0 aliphatic heterocycles. The number of carbonyl (C=O) groups is 1. The molecule has 0 spiro atoms. The molecule has 0 aliphatic carbocycles. The molecule has 0 aliphatic rings. The number of esters is 1. The maximum Gasteiger partial charge on any atom is 0.343 e. The molecule has 0 saturated carbocycles. The minimum atomic E-state index is -0.398. The number of nitrogens with zero attached hydrogens (tertiary/aromatic N) is 2. The summed E-state index contributed by atoms with van der Waals surface area (Å²) in [6, 6.07) is 14.4. The number of allylic oxidation sites excluding steroid dienone is 1. The topological polar surface area (TPSA) is 61.3 Å². The maximum absolute atomic E-state index is 12.6. The lowest BCUT2D eigenvalue weighted by atomic mass is 10.00. The predicted octanol–water partition coefficient (Wildman–Crippen LogP) is 9.42. The van der Waals surface area contributed by atoms with Crippen molar-refractivity contribution in [3.8, 4) is 22.9 Å². The van der Waals surface area contributed by atoms with E-state index in [0.29, 0.717) is 23.7 Å². The van der Waals surface area contributed by atoms with Gasteiger partial charge in [0.2, 0.25) is 0 Å². The van der Waals surface area contributed by atoms with E-state index < -0.39 is 5.97 Å². The van der Waals surface area contributed by atoms with Gasteiger partial charge in [-0.3, -0.25) is 0 Å². The third kappa shape index (κ3) is 11.3. The molecule has 0 N–H and O–H groups in total. The molecular weight excluding hydrogens is 496 g/mol. The molecule has 2 aromatic carbocycles. The minimum Gasteiger partial charge on any atom is -0.494 e. The van der Waals surface area contributed by atoms with Crippen LogP contribution in [0.15, 0.2) is 73.6 Å². The molecule has 0 radical (unpaired) electrons. The Morgan fingerprint density at radius 2 is 1.50 bits per heavy atom. The summed E-state index contributed by atoms with van der Waals surface area (Å²) in [6.07, 6.45) is 20.1. The molecule has 0 saturated heterocycles. The summed E-state index contributed by atoms with van der Waals surface area (Å²) >= 11 is 0. The predicted molar refractivity (Wildman–Crippen MR) is 164 cm³/mol. The van der Waals surface area contributed by atoms with E-state index in [0.717, 1.165) is 36.5 Å². The Kier molecular flexibility index (Phi) is 14.0. The highest BCUT2D eigenvalue weighted by Gasteiger charge is 2.10. The van der Waals surface area contributed by atoms with Gasteiger partial charge in [-0.25, -0.2) is 14.8 Å². The van der Waals surface area contributed by atoms with Gasteiger partial charge in [-0.05, 0) is 92.1 Å². The number of hydrogen-bond acceptors (Lipinski definition) is 5. The summed E-state index contributed by atoms with van der Waals surface area (Å²) in [4.78, 5) is 21.7. The molecule has 0 amide bonds. The standard InChI is InChI=1S/C35H46N2O3/c1-4-6-7-8-9-10-11-14-25-39-32-21-19-31(20-22-32)35(38)40-33-23-17-30(18-24-33)34-36-26-29(27-37-34)16-13-12-15-28(3)5-2/h4,17-24,26-28H,1,5-16,25H2,2-3H3. The highest BCUT2D eigenvalue weighted by atomic mass is 16.5. The summed E-state index contributed by atoms with van der Waals surface area (Å²) in [5.41, 5.74) is 2.54. The van der Waals surface area contributed by atoms with Crippen molar-refractivity contribution < 1.29 is 14.3 Å². The van der Waals surface area contributed by atoms with Crippen molar-refractivity contribution in [1.82, 2.24) is 9.97 Å². The fourth-order valence-electron chi connectivity index (χ4n) is 4.47. The first-order valence-corrected chi connectivity index (χ1v) is 15.1. The largest absolute Gasteiger partial charge is 0.494 e. The Balaban J connectivity index is 1.38. The fourth-order valence-corrected chi connectivity index (χ4v) is 4.47. The van der Waals surface area contributed by atoms with E-state index in [9.17, 15) is 4.79 Å². The van der Waals surface area contributed by atoms with E-state index in [2.05, 4.69) is 30.4 Å². The molecule has 40 heavy (non-hydrogen) atoms. The normalized spacial score (nSPS) is 11.7. The molecule has 1 atom stereocenters. The van der Waals surface area contributed by atoms with Crippen LogP contribution in [0.25, 0.3) is 11.4 Å². The highest BCUT2D eigenvalue weighted by Crippen LogP contribution is 2.21. The smallest absolute Gasteiger partial charge is 0.343 e. The average Bonchev–Trinajstić information content (AvgIpc) is 2.99. The lowest BCUT2D eigenvalue weighted by molar-refractivity contribution is 0.0734. The van der Waals surface area contributed by atoms with E-state index in [-0.39, 0.29) is 0 Å². The van der Waals surface area contributed by atoms with Crippen molar-refractivity contribution in [2.24, 2.45) is 5.92 Å². The molecule has 3 rings (SSSR count). The Morgan fingerprint density at radius 3 is 2.17 bits per heavy atom. The zero-order valence-corrected chi connectivity index (χ0v) is 24.4. The van der Waals surface area contributed by atoms with Crippen LogP contribution in [0, 0.1) is 5.92 Å². The molecule has 1 aromatic heterocycles. The van der Waals surface area contributed by atoms with Crippen LogP contribution in [-0.4, -0.2) is 22.5 Å². The van der Waals surface area contributed by atoms with Gasteiger partial charge in [0.25, 0.3) is 0 Å². The van der Waals surface area contributed by atoms with Gasteiger partial charge >= 0.3 is 5.97 Å². The summed E-state index contributed by atoms with van der Waals surface area (Å²) in [7, 11) is 0. The molecule has 3 aromatic rings. The molecule has 0 fully saturated rings. The number of rotatable bonds is 19. The first-order valence-electron chi connectivity index (χ1n) is 15.1. The van der Waals surface area contributed by atoms with Crippen LogP contribution < -0.4 is 9.47 Å². The van der Waals surface area contributed by atoms with Crippen LogP contribution in [-0.2, 0) is 6.42 Å². The highest BCUT2D eigenvalue weighted by molar-refractivity contribution is 5.91. The number of unbranched alkanes of at least 4 members (excludes halogenated alkanes) is 7.